The van der Waals surface area contributed by atoms with Crippen LogP contribution in [0, 0.1) is 0 Å². The molecule has 0 unspecified atom stereocenters. The Kier molecular flexibility index (Phi) is 6.79. The summed E-state index contributed by atoms with van der Waals surface area (Å²) in [6.45, 7) is 4.57. The highest BCUT2D eigenvalue weighted by atomic mass is 16.3. The maximum Gasteiger partial charge on any atom is 0.227 e. The van der Waals surface area contributed by atoms with Crippen LogP contribution in [-0.4, -0.2) is 19.9 Å². The highest BCUT2D eigenvalue weighted by Gasteiger charge is 2.39. The monoisotopic (exact) mass is 708 g/mol. The van der Waals surface area contributed by atoms with Crippen molar-refractivity contribution in [1.29, 1.82) is 0 Å². The van der Waals surface area contributed by atoms with Crippen LogP contribution in [0.1, 0.15) is 25.0 Å². The Morgan fingerprint density at radius 3 is 1.73 bits per heavy atom. The van der Waals surface area contributed by atoms with Crippen LogP contribution in [0.25, 0.3) is 101 Å². The van der Waals surface area contributed by atoms with Gasteiger partial charge in [0.1, 0.15) is 16.7 Å². The van der Waals surface area contributed by atoms with Crippen molar-refractivity contribution in [3.05, 3.63) is 169 Å². The van der Waals surface area contributed by atoms with Crippen LogP contribution in [0.4, 0.5) is 0 Å². The zero-order chi connectivity index (χ0) is 36.7. The minimum absolute atomic E-state index is 0.329. The molecule has 0 aliphatic heterocycles. The minimum Gasteiger partial charge on any atom is -0.455 e. The van der Waals surface area contributed by atoms with Crippen molar-refractivity contribution in [2.75, 3.05) is 0 Å². The number of aromatic nitrogens is 4. The second-order valence-corrected chi connectivity index (χ2v) is 14.6. The number of para-hydroxylation sites is 1. The standard InChI is InChI=1S/C49H32N4O2/c1-49(2)38-28-32(22-23-34(38)35-26-27-40-43(42(35)49)50-48(55-40)31-18-10-5-11-19-31)33-24-25-37(41-36-20-12-13-21-39(36)54-44(33)41)47-52-45(29-14-6-3-7-15-29)51-46(53-47)30-16-8-4-9-17-30/h3-28H,1-2H3. The predicted octanol–water partition coefficient (Wildman–Crippen LogP) is 12.6. The fourth-order valence-corrected chi connectivity index (χ4v) is 8.32. The first kappa shape index (κ1) is 31.4. The fourth-order valence-electron chi connectivity index (χ4n) is 8.32. The second-order valence-electron chi connectivity index (χ2n) is 14.6. The molecule has 0 amide bonds. The molecule has 0 bridgehead atoms. The van der Waals surface area contributed by atoms with Gasteiger partial charge in [-0.25, -0.2) is 19.9 Å². The number of rotatable bonds is 5. The van der Waals surface area contributed by atoms with Crippen molar-refractivity contribution in [2.24, 2.45) is 0 Å². The van der Waals surface area contributed by atoms with Crippen LogP contribution in [-0.2, 0) is 5.41 Å². The highest BCUT2D eigenvalue weighted by Crippen LogP contribution is 2.53. The Bertz CT molecular complexity index is 3050. The number of furan rings is 1. The van der Waals surface area contributed by atoms with Crippen LogP contribution in [0.15, 0.2) is 167 Å². The third-order valence-electron chi connectivity index (χ3n) is 11.0. The molecule has 10 aromatic rings. The fraction of sp³-hybridized carbons (Fsp3) is 0.0612. The number of hydrogen-bond acceptors (Lipinski definition) is 6. The molecule has 0 atom stereocenters. The summed E-state index contributed by atoms with van der Waals surface area (Å²) in [6, 6.07) is 53.7. The van der Waals surface area contributed by atoms with E-state index >= 15 is 0 Å². The highest BCUT2D eigenvalue weighted by molar-refractivity contribution is 6.16. The van der Waals surface area contributed by atoms with Crippen LogP contribution < -0.4 is 0 Å². The topological polar surface area (TPSA) is 77.8 Å². The molecule has 0 N–H and O–H groups in total. The lowest BCUT2D eigenvalue weighted by Gasteiger charge is -2.22. The maximum atomic E-state index is 6.77. The molecule has 6 heteroatoms. The van der Waals surface area contributed by atoms with Gasteiger partial charge < -0.3 is 8.83 Å². The number of hydrogen-bond donors (Lipinski definition) is 0. The van der Waals surface area contributed by atoms with Gasteiger partial charge in [-0.1, -0.05) is 129 Å². The molecule has 260 valence electrons. The summed E-state index contributed by atoms with van der Waals surface area (Å²) in [5, 5.41) is 1.98. The van der Waals surface area contributed by atoms with Gasteiger partial charge in [0.2, 0.25) is 5.89 Å². The molecule has 3 heterocycles. The van der Waals surface area contributed by atoms with Crippen molar-refractivity contribution in [3.8, 4) is 67.9 Å². The molecule has 0 saturated heterocycles. The number of nitrogens with zero attached hydrogens (tertiary/aromatic N) is 4. The van der Waals surface area contributed by atoms with E-state index in [0.717, 1.165) is 66.4 Å². The van der Waals surface area contributed by atoms with Crippen molar-refractivity contribution in [1.82, 2.24) is 19.9 Å². The molecular weight excluding hydrogens is 677 g/mol. The number of benzene rings is 7. The molecule has 0 fully saturated rings. The minimum atomic E-state index is -0.329. The quantitative estimate of drug-likeness (QED) is 0.177. The lowest BCUT2D eigenvalue weighted by atomic mass is 9.81. The van der Waals surface area contributed by atoms with Gasteiger partial charge in [0.15, 0.2) is 23.1 Å². The van der Waals surface area contributed by atoms with Crippen LogP contribution in [0.2, 0.25) is 0 Å². The van der Waals surface area contributed by atoms with E-state index in [9.17, 15) is 0 Å². The Morgan fingerprint density at radius 1 is 0.436 bits per heavy atom. The second kappa shape index (κ2) is 11.9. The first-order valence-corrected chi connectivity index (χ1v) is 18.5. The van der Waals surface area contributed by atoms with E-state index < -0.39 is 0 Å². The van der Waals surface area contributed by atoms with Gasteiger partial charge in [-0.3, -0.25) is 0 Å². The summed E-state index contributed by atoms with van der Waals surface area (Å²) in [7, 11) is 0. The molecule has 0 saturated carbocycles. The molecule has 7 aromatic carbocycles. The van der Waals surface area contributed by atoms with Crippen molar-refractivity contribution in [2.45, 2.75) is 19.3 Å². The molecule has 11 rings (SSSR count). The largest absolute Gasteiger partial charge is 0.455 e. The molecule has 1 aliphatic carbocycles. The normalized spacial score (nSPS) is 13.1. The van der Waals surface area contributed by atoms with Gasteiger partial charge in [-0.15, -0.1) is 0 Å². The van der Waals surface area contributed by atoms with Crippen LogP contribution in [0.5, 0.6) is 0 Å². The molecule has 55 heavy (non-hydrogen) atoms. The molecule has 1 aliphatic rings. The van der Waals surface area contributed by atoms with E-state index in [0.29, 0.717) is 23.4 Å². The Hall–Kier alpha value is -7.18. The van der Waals surface area contributed by atoms with Crippen LogP contribution in [0.3, 0.4) is 0 Å². The van der Waals surface area contributed by atoms with Crippen molar-refractivity contribution >= 4 is 33.0 Å². The van der Waals surface area contributed by atoms with Crippen molar-refractivity contribution in [3.63, 3.8) is 0 Å². The average molecular weight is 709 g/mol. The molecular formula is C49H32N4O2. The van der Waals surface area contributed by atoms with E-state index in [1.165, 1.54) is 22.3 Å². The smallest absolute Gasteiger partial charge is 0.227 e. The molecule has 3 aromatic heterocycles. The number of oxazole rings is 1. The van der Waals surface area contributed by atoms with E-state index in [-0.39, 0.29) is 5.41 Å². The van der Waals surface area contributed by atoms with Gasteiger partial charge in [0.05, 0.1) is 0 Å². The molecule has 0 radical (unpaired) electrons. The Morgan fingerprint density at radius 2 is 1.02 bits per heavy atom. The average Bonchev–Trinajstić information content (AvgIpc) is 3.92. The summed E-state index contributed by atoms with van der Waals surface area (Å²) in [5.41, 5.74) is 13.6. The predicted molar refractivity (Wildman–Crippen MR) is 219 cm³/mol. The van der Waals surface area contributed by atoms with E-state index in [1.807, 2.05) is 103 Å². The van der Waals surface area contributed by atoms with Gasteiger partial charge in [-0.2, -0.15) is 0 Å². The Labute approximate surface area is 316 Å². The van der Waals surface area contributed by atoms with Crippen LogP contribution >= 0.6 is 0 Å². The number of fused-ring (bicyclic) bond motifs is 8. The molecule has 6 nitrogen and oxygen atoms in total. The van der Waals surface area contributed by atoms with Gasteiger partial charge >= 0.3 is 0 Å². The van der Waals surface area contributed by atoms with Gasteiger partial charge in [-0.05, 0) is 70.3 Å². The zero-order valence-electron chi connectivity index (χ0n) is 30.1. The summed E-state index contributed by atoms with van der Waals surface area (Å²) in [4.78, 5) is 20.2. The first-order chi connectivity index (χ1) is 27.0. The van der Waals surface area contributed by atoms with Crippen molar-refractivity contribution < 1.29 is 8.83 Å². The van der Waals surface area contributed by atoms with Gasteiger partial charge in [0, 0.05) is 44.0 Å². The lowest BCUT2D eigenvalue weighted by molar-refractivity contribution is 0.619. The van der Waals surface area contributed by atoms with E-state index in [4.69, 9.17) is 28.8 Å². The Balaban J connectivity index is 1.09. The van der Waals surface area contributed by atoms with Gasteiger partial charge in [0.25, 0.3) is 0 Å². The summed E-state index contributed by atoms with van der Waals surface area (Å²) in [6.07, 6.45) is 0. The van der Waals surface area contributed by atoms with E-state index in [2.05, 4.69) is 68.4 Å². The SMILES string of the molecule is CC1(C)c2cc(-c3ccc(-c4nc(-c5ccccc5)nc(-c5ccccc5)n4)c4c3oc3ccccc34)ccc2-c2ccc3oc(-c4ccccc4)nc3c21. The molecule has 0 spiro atoms. The third-order valence-corrected chi connectivity index (χ3v) is 11.0. The van der Waals surface area contributed by atoms with E-state index in [1.54, 1.807) is 0 Å². The third kappa shape index (κ3) is 4.88. The lowest BCUT2D eigenvalue weighted by Crippen LogP contribution is -2.15. The zero-order valence-corrected chi connectivity index (χ0v) is 30.1. The maximum absolute atomic E-state index is 6.77. The summed E-state index contributed by atoms with van der Waals surface area (Å²) in [5.74, 6) is 2.46. The first-order valence-electron chi connectivity index (χ1n) is 18.5. The summed E-state index contributed by atoms with van der Waals surface area (Å²) >= 11 is 0. The summed E-state index contributed by atoms with van der Waals surface area (Å²) < 4.78 is 13.1.